The van der Waals surface area contributed by atoms with Crippen LogP contribution in [0.15, 0.2) is 53.4 Å². The molecule has 5 nitrogen and oxygen atoms in total. The molecule has 140 valence electrons. The molecule has 2 aromatic rings. The number of amides is 2. The SMILES string of the molecule is COc1ccc(CN(C(=O)C[C@H]2Sc3ccccc3NC2=O)C2CC2)cc1. The number of thioether (sulfide) groups is 1. The molecule has 0 saturated heterocycles. The van der Waals surface area contributed by atoms with Crippen LogP contribution in [0.1, 0.15) is 24.8 Å². The van der Waals surface area contributed by atoms with Crippen LogP contribution in [-0.2, 0) is 16.1 Å². The zero-order chi connectivity index (χ0) is 18.8. The van der Waals surface area contributed by atoms with Gasteiger partial charge in [0.05, 0.1) is 18.0 Å². The van der Waals surface area contributed by atoms with E-state index in [1.165, 1.54) is 11.8 Å². The van der Waals surface area contributed by atoms with Crippen LogP contribution in [0, 0.1) is 0 Å². The average Bonchev–Trinajstić information content (AvgIpc) is 3.52. The van der Waals surface area contributed by atoms with Gasteiger partial charge < -0.3 is 15.0 Å². The molecule has 1 fully saturated rings. The Morgan fingerprint density at radius 2 is 1.93 bits per heavy atom. The largest absolute Gasteiger partial charge is 0.497 e. The van der Waals surface area contributed by atoms with Crippen molar-refractivity contribution in [1.29, 1.82) is 0 Å². The predicted octanol–water partition coefficient (Wildman–Crippen LogP) is 3.69. The number of nitrogens with zero attached hydrogens (tertiary/aromatic N) is 1. The van der Waals surface area contributed by atoms with Crippen molar-refractivity contribution in [3.05, 3.63) is 54.1 Å². The van der Waals surface area contributed by atoms with E-state index < -0.39 is 0 Å². The van der Waals surface area contributed by atoms with Crippen LogP contribution < -0.4 is 10.1 Å². The maximum absolute atomic E-state index is 13.0. The highest BCUT2D eigenvalue weighted by Crippen LogP contribution is 2.38. The van der Waals surface area contributed by atoms with Crippen molar-refractivity contribution in [1.82, 2.24) is 4.90 Å². The number of anilines is 1. The van der Waals surface area contributed by atoms with E-state index in [1.54, 1.807) is 7.11 Å². The quantitative estimate of drug-likeness (QED) is 0.828. The highest BCUT2D eigenvalue weighted by atomic mass is 32.2. The number of hydrogen-bond donors (Lipinski definition) is 1. The van der Waals surface area contributed by atoms with Gasteiger partial charge in [-0.1, -0.05) is 24.3 Å². The van der Waals surface area contributed by atoms with Gasteiger partial charge >= 0.3 is 0 Å². The Morgan fingerprint density at radius 1 is 1.19 bits per heavy atom. The van der Waals surface area contributed by atoms with Crippen LogP contribution >= 0.6 is 11.8 Å². The Hall–Kier alpha value is -2.47. The number of hydrogen-bond acceptors (Lipinski definition) is 4. The van der Waals surface area contributed by atoms with Gasteiger partial charge in [0.15, 0.2) is 0 Å². The Balaban J connectivity index is 1.44. The molecule has 0 spiro atoms. The molecule has 2 aromatic carbocycles. The Kier molecular flexibility index (Phi) is 5.07. The van der Waals surface area contributed by atoms with Crippen LogP contribution in [0.25, 0.3) is 0 Å². The lowest BCUT2D eigenvalue weighted by Gasteiger charge is -2.27. The molecule has 1 heterocycles. The average molecular weight is 382 g/mol. The van der Waals surface area contributed by atoms with E-state index in [4.69, 9.17) is 4.74 Å². The van der Waals surface area contributed by atoms with Gasteiger partial charge in [-0.3, -0.25) is 9.59 Å². The van der Waals surface area contributed by atoms with Crippen molar-refractivity contribution in [2.75, 3.05) is 12.4 Å². The fraction of sp³-hybridized carbons (Fsp3) is 0.333. The van der Waals surface area contributed by atoms with E-state index >= 15 is 0 Å². The first kappa shape index (κ1) is 17.9. The Morgan fingerprint density at radius 3 is 2.63 bits per heavy atom. The van der Waals surface area contributed by atoms with Crippen LogP contribution in [0.5, 0.6) is 5.75 Å². The summed E-state index contributed by atoms with van der Waals surface area (Å²) < 4.78 is 5.19. The highest BCUT2D eigenvalue weighted by Gasteiger charge is 2.36. The summed E-state index contributed by atoms with van der Waals surface area (Å²) in [7, 11) is 1.64. The summed E-state index contributed by atoms with van der Waals surface area (Å²) in [6.45, 7) is 0.573. The summed E-state index contributed by atoms with van der Waals surface area (Å²) in [4.78, 5) is 28.3. The molecule has 27 heavy (non-hydrogen) atoms. The van der Waals surface area contributed by atoms with Gasteiger partial charge in [0.2, 0.25) is 11.8 Å². The Labute approximate surface area is 163 Å². The van der Waals surface area contributed by atoms with Crippen LogP contribution in [0.3, 0.4) is 0 Å². The number of methoxy groups -OCH3 is 1. The third-order valence-corrected chi connectivity index (χ3v) is 6.16. The zero-order valence-electron chi connectivity index (χ0n) is 15.2. The van der Waals surface area contributed by atoms with E-state index in [-0.39, 0.29) is 23.5 Å². The number of benzene rings is 2. The van der Waals surface area contributed by atoms with Gasteiger partial charge in [-0.25, -0.2) is 0 Å². The molecule has 1 saturated carbocycles. The number of ether oxygens (including phenoxy) is 1. The molecular weight excluding hydrogens is 360 g/mol. The molecule has 0 aromatic heterocycles. The third-order valence-electron chi connectivity index (χ3n) is 4.89. The lowest BCUT2D eigenvalue weighted by molar-refractivity contribution is -0.133. The molecule has 2 aliphatic rings. The van der Waals surface area contributed by atoms with Gasteiger partial charge in [0, 0.05) is 23.9 Å². The molecule has 0 bridgehead atoms. The molecule has 4 rings (SSSR count). The van der Waals surface area contributed by atoms with Gasteiger partial charge in [0.1, 0.15) is 5.75 Å². The summed E-state index contributed by atoms with van der Waals surface area (Å²) >= 11 is 1.48. The van der Waals surface area contributed by atoms with E-state index in [1.807, 2.05) is 53.4 Å². The lowest BCUT2D eigenvalue weighted by Crippen LogP contribution is -2.38. The molecule has 1 N–H and O–H groups in total. The molecule has 6 heteroatoms. The first-order chi connectivity index (χ1) is 13.1. The van der Waals surface area contributed by atoms with E-state index in [0.29, 0.717) is 12.6 Å². The van der Waals surface area contributed by atoms with E-state index in [0.717, 1.165) is 34.7 Å². The van der Waals surface area contributed by atoms with Crippen molar-refractivity contribution in [2.24, 2.45) is 0 Å². The van der Waals surface area contributed by atoms with Gasteiger partial charge in [-0.05, 0) is 42.7 Å². The Bertz CT molecular complexity index is 849. The predicted molar refractivity (Wildman–Crippen MR) is 106 cm³/mol. The minimum Gasteiger partial charge on any atom is -0.497 e. The van der Waals surface area contributed by atoms with Crippen LogP contribution in [0.2, 0.25) is 0 Å². The summed E-state index contributed by atoms with van der Waals surface area (Å²) in [5.74, 6) is 0.754. The fourth-order valence-electron chi connectivity index (χ4n) is 3.24. The van der Waals surface area contributed by atoms with Crippen LogP contribution in [-0.4, -0.2) is 35.1 Å². The minimum atomic E-state index is -0.385. The summed E-state index contributed by atoms with van der Waals surface area (Å²) in [6.07, 6.45) is 2.29. The molecule has 0 radical (unpaired) electrons. The minimum absolute atomic E-state index is 0.0420. The first-order valence-corrected chi connectivity index (χ1v) is 10.0. The number of para-hydroxylation sites is 1. The normalized spacial score (nSPS) is 18.4. The maximum Gasteiger partial charge on any atom is 0.238 e. The lowest BCUT2D eigenvalue weighted by atomic mass is 10.1. The van der Waals surface area contributed by atoms with Crippen molar-refractivity contribution in [2.45, 2.75) is 42.0 Å². The third kappa shape index (κ3) is 4.11. The molecule has 1 aliphatic carbocycles. The monoisotopic (exact) mass is 382 g/mol. The van der Waals surface area contributed by atoms with Gasteiger partial charge in [0.25, 0.3) is 0 Å². The topological polar surface area (TPSA) is 58.6 Å². The molecule has 0 unspecified atom stereocenters. The second kappa shape index (κ2) is 7.64. The summed E-state index contributed by atoms with van der Waals surface area (Å²) in [5.41, 5.74) is 1.90. The summed E-state index contributed by atoms with van der Waals surface area (Å²) in [6, 6.07) is 15.8. The number of rotatable bonds is 6. The van der Waals surface area contributed by atoms with Crippen molar-refractivity contribution >= 4 is 29.3 Å². The zero-order valence-corrected chi connectivity index (χ0v) is 16.0. The highest BCUT2D eigenvalue weighted by molar-refractivity contribution is 8.01. The number of carbonyl (C=O) groups excluding carboxylic acids is 2. The van der Waals surface area contributed by atoms with Crippen molar-refractivity contribution in [3.63, 3.8) is 0 Å². The number of fused-ring (bicyclic) bond motifs is 1. The molecule has 1 atom stereocenters. The second-order valence-corrected chi connectivity index (χ2v) is 8.14. The first-order valence-electron chi connectivity index (χ1n) is 9.13. The summed E-state index contributed by atoms with van der Waals surface area (Å²) in [5, 5.41) is 2.53. The van der Waals surface area contributed by atoms with Crippen molar-refractivity contribution in [3.8, 4) is 5.75 Å². The number of nitrogens with one attached hydrogen (secondary N) is 1. The van der Waals surface area contributed by atoms with Crippen molar-refractivity contribution < 1.29 is 14.3 Å². The van der Waals surface area contributed by atoms with E-state index in [2.05, 4.69) is 5.32 Å². The van der Waals surface area contributed by atoms with E-state index in [9.17, 15) is 9.59 Å². The van der Waals surface area contributed by atoms with Gasteiger partial charge in [-0.15, -0.1) is 11.8 Å². The second-order valence-electron chi connectivity index (χ2n) is 6.90. The maximum atomic E-state index is 13.0. The molecule has 1 aliphatic heterocycles. The van der Waals surface area contributed by atoms with Crippen LogP contribution in [0.4, 0.5) is 5.69 Å². The standard InChI is InChI=1S/C21H22N2O3S/c1-26-16-10-6-14(7-11-16)13-23(15-8-9-15)20(24)12-19-21(25)22-17-4-2-3-5-18(17)27-19/h2-7,10-11,15,19H,8-9,12-13H2,1H3,(H,22,25)/t19-/m1/s1. The van der Waals surface area contributed by atoms with Gasteiger partial charge in [-0.2, -0.15) is 0 Å². The molecular formula is C21H22N2O3S. The molecule has 2 amide bonds. The number of carbonyl (C=O) groups is 2. The fourth-order valence-corrected chi connectivity index (χ4v) is 4.34. The smallest absolute Gasteiger partial charge is 0.238 e.